The number of nitrogens with zero attached hydrogens (tertiary/aromatic N) is 2. The van der Waals surface area contributed by atoms with Gasteiger partial charge in [-0.25, -0.2) is 0 Å². The zero-order chi connectivity index (χ0) is 11.5. The Morgan fingerprint density at radius 1 is 1.53 bits per heavy atom. The van der Waals surface area contributed by atoms with Crippen LogP contribution in [-0.2, 0) is 4.74 Å². The first-order valence-electron chi connectivity index (χ1n) is 5.07. The molecule has 0 saturated carbocycles. The van der Waals surface area contributed by atoms with Crippen molar-refractivity contribution >= 4 is 23.0 Å². The molecule has 4 nitrogen and oxygen atoms in total. The molecule has 0 aromatic rings. The van der Waals surface area contributed by atoms with Crippen LogP contribution in [0.1, 0.15) is 26.7 Å². The largest absolute Gasteiger partial charge is 0.375 e. The molecule has 1 heterocycles. The van der Waals surface area contributed by atoms with Crippen molar-refractivity contribution in [3.8, 4) is 0 Å². The molecule has 1 fully saturated rings. The van der Waals surface area contributed by atoms with E-state index in [1.165, 1.54) is 0 Å². The second kappa shape index (κ2) is 4.90. The Bertz CT molecular complexity index is 274. The molecule has 86 valence electrons. The van der Waals surface area contributed by atoms with Crippen LogP contribution in [0.25, 0.3) is 0 Å². The van der Waals surface area contributed by atoms with Gasteiger partial charge in [-0.15, -0.1) is 0 Å². The SMILES string of the molecule is CN(C)C(=S)N/N=C1/CCOC(C)(C)C1. The number of hydrogen-bond donors (Lipinski definition) is 1. The Hall–Kier alpha value is -0.680. The maximum absolute atomic E-state index is 5.60. The van der Waals surface area contributed by atoms with Gasteiger partial charge in [-0.1, -0.05) is 0 Å². The van der Waals surface area contributed by atoms with Gasteiger partial charge >= 0.3 is 0 Å². The molecule has 0 radical (unpaired) electrons. The molecule has 1 saturated heterocycles. The monoisotopic (exact) mass is 229 g/mol. The van der Waals surface area contributed by atoms with Crippen molar-refractivity contribution < 1.29 is 4.74 Å². The molecular formula is C10H19N3OS. The summed E-state index contributed by atoms with van der Waals surface area (Å²) in [7, 11) is 3.78. The summed E-state index contributed by atoms with van der Waals surface area (Å²) >= 11 is 5.08. The zero-order valence-corrected chi connectivity index (χ0v) is 10.6. The maximum Gasteiger partial charge on any atom is 0.189 e. The average Bonchev–Trinajstić information content (AvgIpc) is 2.12. The van der Waals surface area contributed by atoms with E-state index >= 15 is 0 Å². The van der Waals surface area contributed by atoms with E-state index in [4.69, 9.17) is 17.0 Å². The molecule has 0 bridgehead atoms. The first-order valence-corrected chi connectivity index (χ1v) is 5.48. The third-order valence-corrected chi connectivity index (χ3v) is 2.69. The molecule has 5 heteroatoms. The standard InChI is InChI=1S/C10H19N3OS/c1-10(2)7-8(5-6-14-10)11-12-9(15)13(3)4/h5-7H2,1-4H3,(H,12,15)/b11-8-. The maximum atomic E-state index is 5.60. The highest BCUT2D eigenvalue weighted by Gasteiger charge is 2.25. The highest BCUT2D eigenvalue weighted by Crippen LogP contribution is 2.21. The minimum Gasteiger partial charge on any atom is -0.375 e. The van der Waals surface area contributed by atoms with Gasteiger partial charge < -0.3 is 9.64 Å². The Morgan fingerprint density at radius 3 is 2.73 bits per heavy atom. The molecule has 1 N–H and O–H groups in total. The summed E-state index contributed by atoms with van der Waals surface area (Å²) in [5.41, 5.74) is 3.90. The smallest absolute Gasteiger partial charge is 0.189 e. The van der Waals surface area contributed by atoms with Crippen LogP contribution >= 0.6 is 12.2 Å². The fraction of sp³-hybridized carbons (Fsp3) is 0.800. The van der Waals surface area contributed by atoms with E-state index in [0.717, 1.165) is 25.2 Å². The van der Waals surface area contributed by atoms with Gasteiger partial charge in [0.25, 0.3) is 0 Å². The minimum atomic E-state index is -0.0987. The zero-order valence-electron chi connectivity index (χ0n) is 9.83. The summed E-state index contributed by atoms with van der Waals surface area (Å²) in [5.74, 6) is 0. The fourth-order valence-corrected chi connectivity index (χ4v) is 1.44. The van der Waals surface area contributed by atoms with Gasteiger partial charge in [0.2, 0.25) is 0 Å². The topological polar surface area (TPSA) is 36.9 Å². The van der Waals surface area contributed by atoms with Crippen LogP contribution in [0.3, 0.4) is 0 Å². The molecule has 0 aromatic heterocycles. The van der Waals surface area contributed by atoms with Gasteiger partial charge in [0, 0.05) is 32.6 Å². The average molecular weight is 229 g/mol. The molecule has 1 aliphatic heterocycles. The molecule has 0 atom stereocenters. The van der Waals surface area contributed by atoms with E-state index in [1.54, 1.807) is 0 Å². The van der Waals surface area contributed by atoms with Crippen molar-refractivity contribution in [2.45, 2.75) is 32.3 Å². The molecule has 0 aromatic carbocycles. The first kappa shape index (κ1) is 12.4. The van der Waals surface area contributed by atoms with Gasteiger partial charge in [0.05, 0.1) is 12.2 Å². The Kier molecular flexibility index (Phi) is 4.04. The third kappa shape index (κ3) is 4.13. The van der Waals surface area contributed by atoms with Crippen LogP contribution in [-0.4, -0.2) is 42.0 Å². The first-order chi connectivity index (χ1) is 6.91. The number of thiocarbonyl (C=S) groups is 1. The van der Waals surface area contributed by atoms with Crippen LogP contribution in [0.4, 0.5) is 0 Å². The molecule has 1 aliphatic rings. The summed E-state index contributed by atoms with van der Waals surface area (Å²) < 4.78 is 5.60. The highest BCUT2D eigenvalue weighted by molar-refractivity contribution is 7.80. The lowest BCUT2D eigenvalue weighted by Crippen LogP contribution is -2.37. The number of rotatable bonds is 1. The van der Waals surface area contributed by atoms with Crippen LogP contribution < -0.4 is 5.43 Å². The van der Waals surface area contributed by atoms with Gasteiger partial charge in [0.15, 0.2) is 5.11 Å². The van der Waals surface area contributed by atoms with Crippen molar-refractivity contribution in [2.24, 2.45) is 5.10 Å². The van der Waals surface area contributed by atoms with E-state index in [-0.39, 0.29) is 5.60 Å². The predicted molar refractivity (Wildman–Crippen MR) is 66.1 cm³/mol. The molecular weight excluding hydrogens is 210 g/mol. The predicted octanol–water partition coefficient (Wildman–Crippen LogP) is 1.37. The molecule has 0 unspecified atom stereocenters. The molecule has 15 heavy (non-hydrogen) atoms. The fourth-order valence-electron chi connectivity index (χ4n) is 1.40. The van der Waals surface area contributed by atoms with E-state index in [1.807, 2.05) is 19.0 Å². The van der Waals surface area contributed by atoms with Crippen LogP contribution in [0.15, 0.2) is 5.10 Å². The highest BCUT2D eigenvalue weighted by atomic mass is 32.1. The third-order valence-electron chi connectivity index (χ3n) is 2.23. The van der Waals surface area contributed by atoms with Gasteiger partial charge in [0.1, 0.15) is 0 Å². The number of hydrogen-bond acceptors (Lipinski definition) is 3. The van der Waals surface area contributed by atoms with Crippen LogP contribution in [0.5, 0.6) is 0 Å². The Balaban J connectivity index is 2.49. The summed E-state index contributed by atoms with van der Waals surface area (Å²) in [6.07, 6.45) is 1.74. The molecule has 0 amide bonds. The number of nitrogens with one attached hydrogen (secondary N) is 1. The number of hydrazone groups is 1. The number of ether oxygens (including phenoxy) is 1. The van der Waals surface area contributed by atoms with E-state index in [2.05, 4.69) is 24.4 Å². The lowest BCUT2D eigenvalue weighted by atomic mass is 9.97. The summed E-state index contributed by atoms with van der Waals surface area (Å²) in [4.78, 5) is 1.82. The normalized spacial score (nSPS) is 22.5. The summed E-state index contributed by atoms with van der Waals surface area (Å²) in [5, 5.41) is 4.94. The Labute approximate surface area is 96.7 Å². The van der Waals surface area contributed by atoms with Gasteiger partial charge in [-0.3, -0.25) is 5.43 Å². The lowest BCUT2D eigenvalue weighted by Gasteiger charge is -2.30. The quantitative estimate of drug-likeness (QED) is 0.544. The minimum absolute atomic E-state index is 0.0987. The second-order valence-electron chi connectivity index (χ2n) is 4.52. The van der Waals surface area contributed by atoms with Crippen molar-refractivity contribution in [3.63, 3.8) is 0 Å². The van der Waals surface area contributed by atoms with Crippen molar-refractivity contribution in [3.05, 3.63) is 0 Å². The second-order valence-corrected chi connectivity index (χ2v) is 4.91. The summed E-state index contributed by atoms with van der Waals surface area (Å²) in [6.45, 7) is 4.89. The Morgan fingerprint density at radius 2 is 2.20 bits per heavy atom. The van der Waals surface area contributed by atoms with Crippen molar-refractivity contribution in [1.82, 2.24) is 10.3 Å². The van der Waals surface area contributed by atoms with E-state index in [9.17, 15) is 0 Å². The van der Waals surface area contributed by atoms with Crippen LogP contribution in [0, 0.1) is 0 Å². The molecule has 0 spiro atoms. The van der Waals surface area contributed by atoms with Gasteiger partial charge in [-0.2, -0.15) is 5.10 Å². The van der Waals surface area contributed by atoms with Gasteiger partial charge in [-0.05, 0) is 26.1 Å². The van der Waals surface area contributed by atoms with E-state index < -0.39 is 0 Å². The lowest BCUT2D eigenvalue weighted by molar-refractivity contribution is -0.0200. The molecule has 1 rings (SSSR count). The van der Waals surface area contributed by atoms with Crippen LogP contribution in [0.2, 0.25) is 0 Å². The van der Waals surface area contributed by atoms with Crippen molar-refractivity contribution in [2.75, 3.05) is 20.7 Å². The van der Waals surface area contributed by atoms with E-state index in [0.29, 0.717) is 5.11 Å². The van der Waals surface area contributed by atoms with Crippen molar-refractivity contribution in [1.29, 1.82) is 0 Å². The molecule has 0 aliphatic carbocycles. The summed E-state index contributed by atoms with van der Waals surface area (Å²) in [6, 6.07) is 0.